The number of nitrogens with zero attached hydrogens (tertiary/aromatic N) is 1. The second-order valence-electron chi connectivity index (χ2n) is 8.86. The first-order valence-corrected chi connectivity index (χ1v) is 10.9. The van der Waals surface area contributed by atoms with Gasteiger partial charge in [0.1, 0.15) is 5.69 Å². The van der Waals surface area contributed by atoms with Gasteiger partial charge in [0, 0.05) is 41.3 Å². The quantitative estimate of drug-likeness (QED) is 0.512. The summed E-state index contributed by atoms with van der Waals surface area (Å²) >= 11 is 0. The van der Waals surface area contributed by atoms with Crippen LogP contribution in [0.25, 0.3) is 10.9 Å². The number of halogens is 5. The molecule has 1 aliphatic heterocycles. The number of hydrogen-bond acceptors (Lipinski definition) is 5. The van der Waals surface area contributed by atoms with Gasteiger partial charge in [-0.15, -0.1) is 0 Å². The van der Waals surface area contributed by atoms with Gasteiger partial charge in [0.05, 0.1) is 24.6 Å². The first-order chi connectivity index (χ1) is 16.8. The molecule has 192 valence electrons. The molecule has 1 amide bonds. The number of hydrogen-bond donors (Lipinski definition) is 2. The number of ether oxygens (including phenoxy) is 2. The Morgan fingerprint density at radius 2 is 1.97 bits per heavy atom. The van der Waals surface area contributed by atoms with Crippen LogP contribution in [-0.2, 0) is 4.74 Å². The third kappa shape index (κ3) is 3.89. The summed E-state index contributed by atoms with van der Waals surface area (Å²) in [7, 11) is 1.08. The van der Waals surface area contributed by atoms with Gasteiger partial charge in [0.15, 0.2) is 22.6 Å². The molecule has 0 radical (unpaired) electrons. The molecule has 3 heterocycles. The predicted molar refractivity (Wildman–Crippen MR) is 119 cm³/mol. The highest BCUT2D eigenvalue weighted by Gasteiger charge is 2.61. The number of carbonyl (C=O) groups is 1. The largest absolute Gasteiger partial charge is 0.493 e. The fraction of sp³-hybridized carbons (Fsp3) is 0.375. The van der Waals surface area contributed by atoms with Crippen LogP contribution in [0.1, 0.15) is 47.4 Å². The van der Waals surface area contributed by atoms with Crippen LogP contribution < -0.4 is 15.9 Å². The van der Waals surface area contributed by atoms with Crippen molar-refractivity contribution in [2.45, 2.75) is 37.5 Å². The number of carbonyl (C=O) groups excluding carboxylic acids is 1. The van der Waals surface area contributed by atoms with Gasteiger partial charge >= 0.3 is 6.18 Å². The van der Waals surface area contributed by atoms with Gasteiger partial charge in [-0.2, -0.15) is 17.6 Å². The molecule has 0 bridgehead atoms. The van der Waals surface area contributed by atoms with E-state index in [0.29, 0.717) is 0 Å². The highest BCUT2D eigenvalue weighted by Crippen LogP contribution is 2.55. The fourth-order valence-corrected chi connectivity index (χ4v) is 4.92. The van der Waals surface area contributed by atoms with Gasteiger partial charge in [-0.05, 0) is 19.1 Å². The molecule has 1 aromatic carbocycles. The molecule has 36 heavy (non-hydrogen) atoms. The molecule has 0 unspecified atom stereocenters. The van der Waals surface area contributed by atoms with Crippen molar-refractivity contribution in [3.63, 3.8) is 0 Å². The minimum absolute atomic E-state index is 0.0128. The third-order valence-electron chi connectivity index (χ3n) is 7.01. The van der Waals surface area contributed by atoms with Crippen LogP contribution in [0.2, 0.25) is 0 Å². The molecule has 0 aliphatic carbocycles. The highest BCUT2D eigenvalue weighted by atomic mass is 19.4. The number of nitrogens with one attached hydrogen (secondary N) is 1. The van der Waals surface area contributed by atoms with Gasteiger partial charge in [0.25, 0.3) is 5.91 Å². The van der Waals surface area contributed by atoms with Crippen molar-refractivity contribution in [2.24, 2.45) is 11.7 Å². The maximum atomic E-state index is 14.6. The van der Waals surface area contributed by atoms with Crippen LogP contribution in [0.4, 0.5) is 22.0 Å². The van der Waals surface area contributed by atoms with Crippen LogP contribution in [0, 0.1) is 17.6 Å². The summed E-state index contributed by atoms with van der Waals surface area (Å²) in [5.41, 5.74) is 2.10. The summed E-state index contributed by atoms with van der Waals surface area (Å²) in [4.78, 5) is 31.5. The van der Waals surface area contributed by atoms with E-state index in [1.165, 1.54) is 25.3 Å². The van der Waals surface area contributed by atoms with E-state index in [4.69, 9.17) is 15.2 Å². The molecule has 12 heteroatoms. The molecule has 4 atom stereocenters. The van der Waals surface area contributed by atoms with Crippen molar-refractivity contribution in [3.05, 3.63) is 69.3 Å². The molecule has 7 nitrogen and oxygen atoms in total. The molecule has 0 saturated carbocycles. The zero-order chi connectivity index (χ0) is 26.6. The number of primary amides is 1. The second kappa shape index (κ2) is 8.84. The van der Waals surface area contributed by atoms with Crippen molar-refractivity contribution in [1.82, 2.24) is 9.97 Å². The van der Waals surface area contributed by atoms with Gasteiger partial charge < -0.3 is 20.2 Å². The Labute approximate surface area is 201 Å². The maximum Gasteiger partial charge on any atom is 0.417 e. The summed E-state index contributed by atoms with van der Waals surface area (Å²) in [6, 6.07) is 4.51. The first-order valence-electron chi connectivity index (χ1n) is 10.9. The number of amides is 1. The number of aromatic amines is 1. The van der Waals surface area contributed by atoms with E-state index in [1.807, 2.05) is 0 Å². The Balaban J connectivity index is 1.96. The van der Waals surface area contributed by atoms with Crippen molar-refractivity contribution < 1.29 is 36.2 Å². The Morgan fingerprint density at radius 1 is 1.28 bits per heavy atom. The predicted octanol–water partition coefficient (Wildman–Crippen LogP) is 4.16. The average molecular weight is 511 g/mol. The van der Waals surface area contributed by atoms with E-state index in [2.05, 4.69) is 9.97 Å². The van der Waals surface area contributed by atoms with E-state index >= 15 is 0 Å². The number of nitrogens with two attached hydrogens (primary N) is 1. The van der Waals surface area contributed by atoms with E-state index in [0.717, 1.165) is 26.2 Å². The third-order valence-corrected chi connectivity index (χ3v) is 7.01. The zero-order valence-corrected chi connectivity index (χ0v) is 19.4. The lowest BCUT2D eigenvalue weighted by molar-refractivity contribution is -0.304. The smallest absolute Gasteiger partial charge is 0.417 e. The van der Waals surface area contributed by atoms with Crippen LogP contribution in [0.15, 0.2) is 35.3 Å². The summed E-state index contributed by atoms with van der Waals surface area (Å²) in [5, 5.41) is -0.0828. The lowest BCUT2D eigenvalue weighted by atomic mass is 9.67. The summed E-state index contributed by atoms with van der Waals surface area (Å²) < 4.78 is 81.3. The second-order valence-corrected chi connectivity index (χ2v) is 8.86. The Morgan fingerprint density at radius 3 is 2.58 bits per heavy atom. The maximum absolute atomic E-state index is 14.6. The SMILES string of the molecule is COc1c([C@@H]2[C@@H](c3cc(=O)c4c(C(N)=O)nccc4[nH]3)CO[C@@](C)(C(F)(F)F)[C@@H]2C)ccc(F)c1F. The summed E-state index contributed by atoms with van der Waals surface area (Å²) in [6.07, 6.45) is -3.54. The minimum atomic E-state index is -4.79. The average Bonchev–Trinajstić information content (AvgIpc) is 2.81. The number of pyridine rings is 2. The standard InChI is InChI=1S/C24H22F5N3O4/c1-10-17(11-4-5-13(25)19(26)21(11)35-3)12(9-36-23(10,2)24(27,28)29)15-8-16(33)18-14(32-15)6-7-31-20(18)22(30)34/h4-8,10,12,17H,9H2,1-3H3,(H2,30,34)(H,32,33)/t10-,12-,17-,23-/m1/s1. The topological polar surface area (TPSA) is 107 Å². The van der Waals surface area contributed by atoms with Crippen molar-refractivity contribution >= 4 is 16.8 Å². The highest BCUT2D eigenvalue weighted by molar-refractivity contribution is 6.03. The Bertz CT molecular complexity index is 1410. The molecular weight excluding hydrogens is 489 g/mol. The number of methoxy groups -OCH3 is 1. The van der Waals surface area contributed by atoms with Crippen molar-refractivity contribution in [2.75, 3.05) is 13.7 Å². The molecule has 3 N–H and O–H groups in total. The molecule has 1 saturated heterocycles. The van der Waals surface area contributed by atoms with Crippen LogP contribution >= 0.6 is 0 Å². The lowest BCUT2D eigenvalue weighted by Gasteiger charge is -2.49. The normalized spacial score (nSPS) is 24.6. The molecule has 3 aromatic rings. The van der Waals surface area contributed by atoms with Gasteiger partial charge in [0.2, 0.25) is 5.82 Å². The lowest BCUT2D eigenvalue weighted by Crippen LogP contribution is -2.56. The monoisotopic (exact) mass is 511 g/mol. The van der Waals surface area contributed by atoms with Crippen LogP contribution in [0.5, 0.6) is 5.75 Å². The summed E-state index contributed by atoms with van der Waals surface area (Å²) in [5.74, 6) is -7.42. The number of H-pyrrole nitrogens is 1. The van der Waals surface area contributed by atoms with Crippen molar-refractivity contribution in [1.29, 1.82) is 0 Å². The van der Waals surface area contributed by atoms with E-state index < -0.39 is 64.9 Å². The Kier molecular flexibility index (Phi) is 6.27. The van der Waals surface area contributed by atoms with E-state index in [9.17, 15) is 31.5 Å². The van der Waals surface area contributed by atoms with Gasteiger partial charge in [-0.25, -0.2) is 4.39 Å². The zero-order valence-electron chi connectivity index (χ0n) is 19.4. The number of alkyl halides is 3. The van der Waals surface area contributed by atoms with Crippen molar-refractivity contribution in [3.8, 4) is 5.75 Å². The van der Waals surface area contributed by atoms with Crippen LogP contribution in [0.3, 0.4) is 0 Å². The number of rotatable bonds is 4. The Hall–Kier alpha value is -3.54. The van der Waals surface area contributed by atoms with Crippen LogP contribution in [-0.4, -0.2) is 41.4 Å². The van der Waals surface area contributed by atoms with Gasteiger partial charge in [-0.1, -0.05) is 13.0 Å². The molecular formula is C24H22F5N3O4. The number of aromatic nitrogens is 2. The van der Waals surface area contributed by atoms with E-state index in [-0.39, 0.29) is 27.9 Å². The number of benzene rings is 1. The summed E-state index contributed by atoms with van der Waals surface area (Å²) in [6.45, 7) is 1.67. The molecule has 4 rings (SSSR count). The fourth-order valence-electron chi connectivity index (χ4n) is 4.92. The van der Waals surface area contributed by atoms with Gasteiger partial charge in [-0.3, -0.25) is 14.6 Å². The molecule has 1 aliphatic rings. The number of fused-ring (bicyclic) bond motifs is 1. The van der Waals surface area contributed by atoms with E-state index in [1.54, 1.807) is 0 Å². The molecule has 1 fully saturated rings. The first kappa shape index (κ1) is 25.5. The minimum Gasteiger partial charge on any atom is -0.493 e. The molecule has 2 aromatic heterocycles. The molecule has 0 spiro atoms.